The van der Waals surface area contributed by atoms with Gasteiger partial charge in [-0.25, -0.2) is 8.78 Å². The van der Waals surface area contributed by atoms with E-state index in [1.54, 1.807) is 0 Å². The van der Waals surface area contributed by atoms with E-state index >= 15 is 0 Å². The summed E-state index contributed by atoms with van der Waals surface area (Å²) in [6.45, 7) is 1.24. The summed E-state index contributed by atoms with van der Waals surface area (Å²) in [7, 11) is 0. The summed E-state index contributed by atoms with van der Waals surface area (Å²) in [5.74, 6) is -2.21. The zero-order chi connectivity index (χ0) is 12.8. The molecule has 1 rings (SSSR count). The van der Waals surface area contributed by atoms with Crippen LogP contribution in [0.5, 0.6) is 0 Å². The Balaban J connectivity index is 2.47. The van der Waals surface area contributed by atoms with E-state index in [9.17, 15) is 18.4 Å². The van der Waals surface area contributed by atoms with Gasteiger partial charge in [0.25, 0.3) is 0 Å². The minimum Gasteiger partial charge on any atom is -0.274 e. The molecule has 0 atom stereocenters. The molecule has 2 amide bonds. The molecule has 0 aliphatic heterocycles. The summed E-state index contributed by atoms with van der Waals surface area (Å²) in [5.41, 5.74) is 4.20. The lowest BCUT2D eigenvalue weighted by Gasteiger charge is -2.05. The molecule has 0 spiro atoms. The van der Waals surface area contributed by atoms with Gasteiger partial charge in [0.15, 0.2) is 0 Å². The molecule has 4 nitrogen and oxygen atoms in total. The lowest BCUT2D eigenvalue weighted by molar-refractivity contribution is -0.126. The van der Waals surface area contributed by atoms with E-state index < -0.39 is 23.4 Å². The van der Waals surface area contributed by atoms with Crippen molar-refractivity contribution in [2.75, 3.05) is 5.75 Å². The van der Waals surface area contributed by atoms with E-state index in [0.29, 0.717) is 0 Å². The molecule has 1 aromatic carbocycles. The Labute approximate surface area is 101 Å². The zero-order valence-electron chi connectivity index (χ0n) is 8.92. The van der Waals surface area contributed by atoms with Crippen LogP contribution in [-0.4, -0.2) is 17.6 Å². The SMILES string of the molecule is CC(=O)NNC(=O)CSc1cc(F)ccc1F. The number of carbonyl (C=O) groups is 2. The lowest BCUT2D eigenvalue weighted by atomic mass is 10.3. The highest BCUT2D eigenvalue weighted by Gasteiger charge is 2.08. The van der Waals surface area contributed by atoms with Gasteiger partial charge in [0.2, 0.25) is 11.8 Å². The highest BCUT2D eigenvalue weighted by Crippen LogP contribution is 2.22. The highest BCUT2D eigenvalue weighted by atomic mass is 32.2. The number of nitrogens with one attached hydrogen (secondary N) is 2. The number of rotatable bonds is 3. The predicted molar refractivity (Wildman–Crippen MR) is 59.0 cm³/mol. The van der Waals surface area contributed by atoms with Crippen LogP contribution >= 0.6 is 11.8 Å². The van der Waals surface area contributed by atoms with Gasteiger partial charge in [0.1, 0.15) is 11.6 Å². The average Bonchev–Trinajstić information content (AvgIpc) is 2.27. The van der Waals surface area contributed by atoms with Crippen molar-refractivity contribution in [3.63, 3.8) is 0 Å². The summed E-state index contributed by atoms with van der Waals surface area (Å²) >= 11 is 0.843. The molecule has 0 aliphatic carbocycles. The van der Waals surface area contributed by atoms with Gasteiger partial charge in [0.05, 0.1) is 5.75 Å². The smallest absolute Gasteiger partial charge is 0.248 e. The van der Waals surface area contributed by atoms with Crippen LogP contribution in [0.15, 0.2) is 23.1 Å². The number of amides is 2. The van der Waals surface area contributed by atoms with Gasteiger partial charge in [-0.15, -0.1) is 11.8 Å². The maximum absolute atomic E-state index is 13.1. The van der Waals surface area contributed by atoms with Crippen LogP contribution in [-0.2, 0) is 9.59 Å². The molecule has 0 aromatic heterocycles. The fourth-order valence-corrected chi connectivity index (χ4v) is 1.69. The molecule has 0 saturated heterocycles. The Bertz CT molecular complexity index is 440. The minimum atomic E-state index is -0.594. The summed E-state index contributed by atoms with van der Waals surface area (Å²) in [5, 5.41) is 0. The van der Waals surface area contributed by atoms with Gasteiger partial charge in [-0.1, -0.05) is 0 Å². The first kappa shape index (κ1) is 13.4. The number of hydrogen-bond acceptors (Lipinski definition) is 3. The van der Waals surface area contributed by atoms with E-state index in [1.807, 2.05) is 0 Å². The van der Waals surface area contributed by atoms with Crippen LogP contribution in [0.3, 0.4) is 0 Å². The molecule has 17 heavy (non-hydrogen) atoms. The quantitative estimate of drug-likeness (QED) is 0.634. The maximum atomic E-state index is 13.1. The van der Waals surface area contributed by atoms with Crippen molar-refractivity contribution >= 4 is 23.6 Å². The molecule has 7 heteroatoms. The molecule has 0 saturated carbocycles. The van der Waals surface area contributed by atoms with E-state index in [4.69, 9.17) is 0 Å². The van der Waals surface area contributed by atoms with Gasteiger partial charge in [0, 0.05) is 11.8 Å². The van der Waals surface area contributed by atoms with Crippen molar-refractivity contribution in [3.8, 4) is 0 Å². The number of benzene rings is 1. The largest absolute Gasteiger partial charge is 0.274 e. The van der Waals surface area contributed by atoms with Crippen molar-refractivity contribution in [1.29, 1.82) is 0 Å². The molecule has 1 aromatic rings. The van der Waals surface area contributed by atoms with Crippen molar-refractivity contribution in [2.24, 2.45) is 0 Å². The molecule has 0 radical (unpaired) electrons. The second-order valence-electron chi connectivity index (χ2n) is 3.09. The topological polar surface area (TPSA) is 58.2 Å². The second-order valence-corrected chi connectivity index (χ2v) is 4.11. The third-order valence-corrected chi connectivity index (χ3v) is 2.66. The number of hydrazine groups is 1. The Morgan fingerprint density at radius 1 is 1.29 bits per heavy atom. The summed E-state index contributed by atoms with van der Waals surface area (Å²) < 4.78 is 25.9. The van der Waals surface area contributed by atoms with E-state index in [0.717, 1.165) is 30.0 Å². The average molecular weight is 260 g/mol. The fraction of sp³-hybridized carbons (Fsp3) is 0.200. The first-order chi connectivity index (χ1) is 7.99. The van der Waals surface area contributed by atoms with Crippen LogP contribution in [0.2, 0.25) is 0 Å². The first-order valence-electron chi connectivity index (χ1n) is 4.62. The standard InChI is InChI=1S/C10H10F2N2O2S/c1-6(15)13-14-10(16)5-17-9-4-7(11)2-3-8(9)12/h2-4H,5H2,1H3,(H,13,15)(H,14,16). The first-order valence-corrected chi connectivity index (χ1v) is 5.61. The van der Waals surface area contributed by atoms with Crippen LogP contribution in [0, 0.1) is 11.6 Å². The Kier molecular flexibility index (Phi) is 4.89. The van der Waals surface area contributed by atoms with Crippen LogP contribution in [0.25, 0.3) is 0 Å². The lowest BCUT2D eigenvalue weighted by Crippen LogP contribution is -2.41. The third-order valence-electron chi connectivity index (χ3n) is 1.63. The van der Waals surface area contributed by atoms with Crippen molar-refractivity contribution in [3.05, 3.63) is 29.8 Å². The normalized spacial score (nSPS) is 9.82. The summed E-state index contributed by atoms with van der Waals surface area (Å²) in [6.07, 6.45) is 0. The van der Waals surface area contributed by atoms with E-state index in [1.165, 1.54) is 6.92 Å². The summed E-state index contributed by atoms with van der Waals surface area (Å²) in [4.78, 5) is 21.7. The van der Waals surface area contributed by atoms with Crippen molar-refractivity contribution in [2.45, 2.75) is 11.8 Å². The highest BCUT2D eigenvalue weighted by molar-refractivity contribution is 8.00. The van der Waals surface area contributed by atoms with Gasteiger partial charge in [-0.3, -0.25) is 20.4 Å². The third kappa shape index (κ3) is 4.81. The van der Waals surface area contributed by atoms with Crippen LogP contribution in [0.4, 0.5) is 8.78 Å². The van der Waals surface area contributed by atoms with Crippen molar-refractivity contribution in [1.82, 2.24) is 10.9 Å². The number of thioether (sulfide) groups is 1. The molecule has 0 heterocycles. The fourth-order valence-electron chi connectivity index (χ4n) is 0.925. The number of carbonyl (C=O) groups excluding carboxylic acids is 2. The Morgan fingerprint density at radius 3 is 2.65 bits per heavy atom. The van der Waals surface area contributed by atoms with Crippen LogP contribution in [0.1, 0.15) is 6.92 Å². The molecule has 0 unspecified atom stereocenters. The number of hydrogen-bond donors (Lipinski definition) is 2. The minimum absolute atomic E-state index is 0.0444. The van der Waals surface area contributed by atoms with Crippen molar-refractivity contribution < 1.29 is 18.4 Å². The molecule has 0 bridgehead atoms. The van der Waals surface area contributed by atoms with Gasteiger partial charge < -0.3 is 0 Å². The molecule has 0 fully saturated rings. The Hall–Kier alpha value is -1.63. The maximum Gasteiger partial charge on any atom is 0.248 e. The second kappa shape index (κ2) is 6.19. The predicted octanol–water partition coefficient (Wildman–Crippen LogP) is 1.22. The molecule has 2 N–H and O–H groups in total. The molecular weight excluding hydrogens is 250 g/mol. The molecule has 92 valence electrons. The zero-order valence-corrected chi connectivity index (χ0v) is 9.74. The van der Waals surface area contributed by atoms with Gasteiger partial charge >= 0.3 is 0 Å². The van der Waals surface area contributed by atoms with Crippen LogP contribution < -0.4 is 10.9 Å². The molecular formula is C10H10F2N2O2S. The Morgan fingerprint density at radius 2 is 2.00 bits per heavy atom. The monoisotopic (exact) mass is 260 g/mol. The van der Waals surface area contributed by atoms with E-state index in [-0.39, 0.29) is 10.6 Å². The van der Waals surface area contributed by atoms with Gasteiger partial charge in [-0.05, 0) is 18.2 Å². The summed E-state index contributed by atoms with van der Waals surface area (Å²) in [6, 6.07) is 2.99. The molecule has 0 aliphatic rings. The van der Waals surface area contributed by atoms with E-state index in [2.05, 4.69) is 10.9 Å². The number of halogens is 2. The van der Waals surface area contributed by atoms with Gasteiger partial charge in [-0.2, -0.15) is 0 Å².